The summed E-state index contributed by atoms with van der Waals surface area (Å²) in [6.07, 6.45) is 0.655. The van der Waals surface area contributed by atoms with Gasteiger partial charge in [0.15, 0.2) is 5.78 Å². The second-order valence-corrected chi connectivity index (χ2v) is 5.13. The van der Waals surface area contributed by atoms with Gasteiger partial charge >= 0.3 is 0 Å². The Balaban J connectivity index is 2.70. The van der Waals surface area contributed by atoms with Gasteiger partial charge in [0.25, 0.3) is 0 Å². The summed E-state index contributed by atoms with van der Waals surface area (Å²) in [6, 6.07) is 5.04. The third kappa shape index (κ3) is 1.58. The summed E-state index contributed by atoms with van der Waals surface area (Å²) in [5, 5.41) is 0.665. The van der Waals surface area contributed by atoms with Crippen LogP contribution in [0.25, 0.3) is 0 Å². The maximum atomic E-state index is 11.9. The van der Waals surface area contributed by atoms with E-state index >= 15 is 0 Å². The summed E-state index contributed by atoms with van der Waals surface area (Å²) in [5.41, 5.74) is 7.33. The molecule has 1 aromatic carbocycles. The van der Waals surface area contributed by atoms with E-state index in [-0.39, 0.29) is 11.2 Å². The number of carbonyl (C=O) groups is 1. The summed E-state index contributed by atoms with van der Waals surface area (Å²) >= 11 is 6.15. The van der Waals surface area contributed by atoms with Crippen LogP contribution in [0.5, 0.6) is 0 Å². The van der Waals surface area contributed by atoms with Crippen LogP contribution in [0.1, 0.15) is 36.2 Å². The molecule has 0 saturated carbocycles. The van der Waals surface area contributed by atoms with Crippen LogP contribution in [0.15, 0.2) is 18.2 Å². The van der Waals surface area contributed by atoms with Crippen molar-refractivity contribution in [2.24, 2.45) is 5.73 Å². The van der Waals surface area contributed by atoms with Crippen molar-refractivity contribution in [3.05, 3.63) is 34.3 Å². The second kappa shape index (κ2) is 3.32. The number of ketones is 1. The van der Waals surface area contributed by atoms with Gasteiger partial charge in [0.1, 0.15) is 0 Å². The Morgan fingerprint density at radius 2 is 2.13 bits per heavy atom. The maximum Gasteiger partial charge on any atom is 0.179 e. The lowest BCUT2D eigenvalue weighted by molar-refractivity contribution is 0.0929. The summed E-state index contributed by atoms with van der Waals surface area (Å²) in [6.45, 7) is 4.15. The van der Waals surface area contributed by atoms with Crippen LogP contribution in [0.2, 0.25) is 5.02 Å². The van der Waals surface area contributed by atoms with Gasteiger partial charge in [-0.2, -0.15) is 0 Å². The third-order valence-corrected chi connectivity index (χ3v) is 3.34. The average Bonchev–Trinajstić information content (AvgIpc) is 2.13. The van der Waals surface area contributed by atoms with Crippen LogP contribution in [-0.4, -0.2) is 11.8 Å². The Kier molecular flexibility index (Phi) is 2.36. The largest absolute Gasteiger partial charge is 0.321 e. The topological polar surface area (TPSA) is 43.1 Å². The molecule has 0 saturated heterocycles. The van der Waals surface area contributed by atoms with Crippen molar-refractivity contribution >= 4 is 17.4 Å². The molecule has 0 aromatic heterocycles. The number of hydrogen-bond donors (Lipinski definition) is 1. The number of benzene rings is 1. The van der Waals surface area contributed by atoms with Gasteiger partial charge in [0.05, 0.1) is 6.04 Å². The Hall–Kier alpha value is -0.860. The fraction of sp³-hybridized carbons (Fsp3) is 0.417. The lowest BCUT2D eigenvalue weighted by Gasteiger charge is -2.35. The molecule has 2 N–H and O–H groups in total. The third-order valence-electron chi connectivity index (χ3n) is 3.02. The Bertz CT molecular complexity index is 426. The highest BCUT2D eigenvalue weighted by molar-refractivity contribution is 6.32. The lowest BCUT2D eigenvalue weighted by atomic mass is 9.70. The Morgan fingerprint density at radius 1 is 1.47 bits per heavy atom. The van der Waals surface area contributed by atoms with E-state index in [0.717, 1.165) is 5.56 Å². The summed E-state index contributed by atoms with van der Waals surface area (Å²) in [7, 11) is 0. The van der Waals surface area contributed by atoms with E-state index in [0.29, 0.717) is 17.0 Å². The van der Waals surface area contributed by atoms with E-state index in [1.165, 1.54) is 0 Å². The number of carbonyl (C=O) groups excluding carboxylic acids is 1. The predicted octanol–water partition coefficient (Wildman–Crippen LogP) is 2.53. The van der Waals surface area contributed by atoms with E-state index in [9.17, 15) is 4.79 Å². The smallest absolute Gasteiger partial charge is 0.179 e. The quantitative estimate of drug-likeness (QED) is 0.735. The number of rotatable bonds is 0. The standard InChI is InChI=1S/C12H14ClNO/c1-12(2)6-9(14)11(15)7-4-3-5-8(13)10(7)12/h3-5,9H,6,14H2,1-2H3. The van der Waals surface area contributed by atoms with Crippen molar-refractivity contribution < 1.29 is 4.79 Å². The highest BCUT2D eigenvalue weighted by atomic mass is 35.5. The van der Waals surface area contributed by atoms with E-state index in [1.807, 2.05) is 12.1 Å². The van der Waals surface area contributed by atoms with Crippen molar-refractivity contribution in [2.45, 2.75) is 31.7 Å². The Labute approximate surface area is 94.4 Å². The SMILES string of the molecule is CC1(C)CC(N)C(=O)c2cccc(Cl)c21. The molecule has 1 aliphatic carbocycles. The van der Waals surface area contributed by atoms with E-state index < -0.39 is 6.04 Å². The van der Waals surface area contributed by atoms with Gasteiger partial charge in [0, 0.05) is 10.6 Å². The summed E-state index contributed by atoms with van der Waals surface area (Å²) < 4.78 is 0. The number of halogens is 1. The molecule has 0 aliphatic heterocycles. The van der Waals surface area contributed by atoms with Crippen LogP contribution in [0.4, 0.5) is 0 Å². The van der Waals surface area contributed by atoms with Crippen molar-refractivity contribution in [1.82, 2.24) is 0 Å². The highest BCUT2D eigenvalue weighted by Gasteiger charge is 2.37. The molecule has 15 heavy (non-hydrogen) atoms. The van der Waals surface area contributed by atoms with E-state index in [4.69, 9.17) is 17.3 Å². The number of hydrogen-bond acceptors (Lipinski definition) is 2. The number of fused-ring (bicyclic) bond motifs is 1. The van der Waals surface area contributed by atoms with E-state index in [1.54, 1.807) is 6.07 Å². The molecular weight excluding hydrogens is 210 g/mol. The molecule has 0 heterocycles. The molecule has 0 radical (unpaired) electrons. The molecule has 1 unspecified atom stereocenters. The highest BCUT2D eigenvalue weighted by Crippen LogP contribution is 2.40. The number of nitrogens with two attached hydrogens (primary N) is 1. The normalized spacial score (nSPS) is 23.7. The van der Waals surface area contributed by atoms with Gasteiger partial charge < -0.3 is 5.73 Å². The van der Waals surface area contributed by atoms with Gasteiger partial charge in [-0.1, -0.05) is 37.6 Å². The summed E-state index contributed by atoms with van der Waals surface area (Å²) in [4.78, 5) is 11.9. The van der Waals surface area contributed by atoms with Gasteiger partial charge in [-0.3, -0.25) is 4.79 Å². The minimum Gasteiger partial charge on any atom is -0.321 e. The lowest BCUT2D eigenvalue weighted by Crippen LogP contribution is -2.43. The Morgan fingerprint density at radius 3 is 2.80 bits per heavy atom. The van der Waals surface area contributed by atoms with Crippen molar-refractivity contribution in [3.8, 4) is 0 Å². The van der Waals surface area contributed by atoms with Gasteiger partial charge in [-0.15, -0.1) is 0 Å². The van der Waals surface area contributed by atoms with Crippen LogP contribution in [0.3, 0.4) is 0 Å². The van der Waals surface area contributed by atoms with Gasteiger partial charge in [-0.25, -0.2) is 0 Å². The molecule has 1 aliphatic rings. The fourth-order valence-electron chi connectivity index (χ4n) is 2.36. The van der Waals surface area contributed by atoms with Crippen LogP contribution >= 0.6 is 11.6 Å². The predicted molar refractivity (Wildman–Crippen MR) is 61.4 cm³/mol. The minimum atomic E-state index is -0.397. The molecule has 80 valence electrons. The summed E-state index contributed by atoms with van der Waals surface area (Å²) in [5.74, 6) is 0.00632. The first-order valence-electron chi connectivity index (χ1n) is 5.02. The average molecular weight is 224 g/mol. The van der Waals surface area contributed by atoms with E-state index in [2.05, 4.69) is 13.8 Å². The van der Waals surface area contributed by atoms with Gasteiger partial charge in [-0.05, 0) is 23.5 Å². The molecule has 0 fully saturated rings. The molecule has 0 bridgehead atoms. The molecule has 0 amide bonds. The molecular formula is C12H14ClNO. The van der Waals surface area contributed by atoms with Gasteiger partial charge in [0.2, 0.25) is 0 Å². The van der Waals surface area contributed by atoms with Crippen molar-refractivity contribution in [2.75, 3.05) is 0 Å². The molecule has 3 heteroatoms. The zero-order valence-electron chi connectivity index (χ0n) is 8.88. The number of Topliss-reactive ketones (excluding diaryl/α,β-unsaturated/α-hetero) is 1. The monoisotopic (exact) mass is 223 g/mol. The maximum absolute atomic E-state index is 11.9. The first kappa shape index (κ1) is 10.7. The first-order chi connectivity index (χ1) is 6.93. The molecule has 0 spiro atoms. The molecule has 2 nitrogen and oxygen atoms in total. The molecule has 2 rings (SSSR count). The fourth-order valence-corrected chi connectivity index (χ4v) is 2.79. The van der Waals surface area contributed by atoms with Crippen LogP contribution < -0.4 is 5.73 Å². The molecule has 1 aromatic rings. The van der Waals surface area contributed by atoms with Crippen molar-refractivity contribution in [3.63, 3.8) is 0 Å². The van der Waals surface area contributed by atoms with Crippen LogP contribution in [0, 0.1) is 0 Å². The minimum absolute atomic E-state index is 0.00632. The zero-order chi connectivity index (χ0) is 11.2. The molecule has 1 atom stereocenters. The first-order valence-corrected chi connectivity index (χ1v) is 5.40. The van der Waals surface area contributed by atoms with Crippen LogP contribution in [-0.2, 0) is 5.41 Å². The second-order valence-electron chi connectivity index (χ2n) is 4.72. The van der Waals surface area contributed by atoms with Crippen molar-refractivity contribution in [1.29, 1.82) is 0 Å². The zero-order valence-corrected chi connectivity index (χ0v) is 9.64.